The van der Waals surface area contributed by atoms with Crippen molar-refractivity contribution in [2.75, 3.05) is 5.75 Å². The number of halogens is 5. The van der Waals surface area contributed by atoms with Crippen molar-refractivity contribution in [3.8, 4) is 5.75 Å². The number of sulfonamides is 1. The normalized spacial score (nSPS) is 11.8. The number of hydrogen-bond donors (Lipinski definition) is 0. The highest BCUT2D eigenvalue weighted by Crippen LogP contribution is 2.37. The van der Waals surface area contributed by atoms with Gasteiger partial charge in [0, 0.05) is 6.07 Å². The zero-order chi connectivity index (χ0) is 22.9. The van der Waals surface area contributed by atoms with Crippen molar-refractivity contribution in [3.05, 3.63) is 68.5 Å². The van der Waals surface area contributed by atoms with Crippen LogP contribution in [0.4, 0.5) is 23.2 Å². The van der Waals surface area contributed by atoms with Crippen LogP contribution >= 0.6 is 11.6 Å². The summed E-state index contributed by atoms with van der Waals surface area (Å²) in [6, 6.07) is 4.51. The van der Waals surface area contributed by atoms with E-state index in [1.165, 1.54) is 12.1 Å². The third kappa shape index (κ3) is 4.79. The van der Waals surface area contributed by atoms with E-state index in [2.05, 4.69) is 0 Å². The topological polar surface area (TPSA) is 107 Å². The van der Waals surface area contributed by atoms with Crippen molar-refractivity contribution < 1.29 is 40.5 Å². The Morgan fingerprint density at radius 3 is 2.37 bits per heavy atom. The lowest BCUT2D eigenvalue weighted by atomic mass is 10.2. The van der Waals surface area contributed by atoms with Gasteiger partial charge < -0.3 is 4.84 Å². The van der Waals surface area contributed by atoms with Crippen LogP contribution in [0.2, 0.25) is 5.02 Å². The van der Waals surface area contributed by atoms with Crippen molar-refractivity contribution >= 4 is 33.2 Å². The smallest absolute Gasteiger partial charge is 0.357 e. The lowest BCUT2D eigenvalue weighted by Gasteiger charge is -2.22. The molecule has 0 N–H and O–H groups in total. The number of benzene rings is 2. The Morgan fingerprint density at radius 1 is 1.27 bits per heavy atom. The summed E-state index contributed by atoms with van der Waals surface area (Å²) in [5.41, 5.74) is -2.98. The van der Waals surface area contributed by atoms with Crippen LogP contribution in [0.3, 0.4) is 0 Å². The molecule has 0 fully saturated rings. The van der Waals surface area contributed by atoms with Crippen molar-refractivity contribution in [1.82, 2.24) is 4.47 Å². The highest BCUT2D eigenvalue weighted by molar-refractivity contribution is 7.89. The van der Waals surface area contributed by atoms with Crippen molar-refractivity contribution in [2.24, 2.45) is 0 Å². The predicted octanol–water partition coefficient (Wildman–Crippen LogP) is 4.19. The molecule has 2 aromatic rings. The number of nitro groups is 1. The molecule has 0 heterocycles. The first-order valence-electron chi connectivity index (χ1n) is 7.84. The molecule has 0 unspecified atom stereocenters. The number of alkyl halides is 3. The Balaban J connectivity index is 2.59. The van der Waals surface area contributed by atoms with Crippen LogP contribution in [0.15, 0.2) is 36.4 Å². The molecule has 0 bridgehead atoms. The van der Waals surface area contributed by atoms with E-state index in [1.54, 1.807) is 0 Å². The number of hydroxylamine groups is 1. The molecule has 8 nitrogen and oxygen atoms in total. The molecule has 2 rings (SSSR count). The molecule has 30 heavy (non-hydrogen) atoms. The molecule has 0 aromatic heterocycles. The first-order valence-corrected chi connectivity index (χ1v) is 9.83. The fourth-order valence-electron chi connectivity index (χ4n) is 2.15. The summed E-state index contributed by atoms with van der Waals surface area (Å²) in [5, 5.41) is 10.1. The standard InChI is InChI=1S/C16H11ClF4N2O6S/c1-2-30(27,28)23(15(24)10-5-3-4-6-13(10)22(25)26)29-14-11(17)7-9(8-12(14)18)16(19,20)21/h3-8H,2H2,1H3. The van der Waals surface area contributed by atoms with Crippen LogP contribution in [0.1, 0.15) is 22.8 Å². The van der Waals surface area contributed by atoms with Gasteiger partial charge >= 0.3 is 12.1 Å². The number of nitro benzene ring substituents is 1. The van der Waals surface area contributed by atoms with Crippen molar-refractivity contribution in [1.29, 1.82) is 0 Å². The van der Waals surface area contributed by atoms with Crippen LogP contribution in [0, 0.1) is 15.9 Å². The van der Waals surface area contributed by atoms with Gasteiger partial charge in [-0.3, -0.25) is 14.9 Å². The predicted molar refractivity (Wildman–Crippen MR) is 95.8 cm³/mol. The fraction of sp³-hybridized carbons (Fsp3) is 0.188. The van der Waals surface area contributed by atoms with E-state index in [4.69, 9.17) is 16.4 Å². The number of para-hydroxylation sites is 1. The van der Waals surface area contributed by atoms with Gasteiger partial charge in [0.25, 0.3) is 15.7 Å². The lowest BCUT2D eigenvalue weighted by molar-refractivity contribution is -0.385. The van der Waals surface area contributed by atoms with Gasteiger partial charge in [0.2, 0.25) is 5.75 Å². The summed E-state index contributed by atoms with van der Waals surface area (Å²) in [7, 11) is -4.63. The van der Waals surface area contributed by atoms with Crippen LogP contribution in [0.5, 0.6) is 5.75 Å². The number of hydrogen-bond acceptors (Lipinski definition) is 6. The maximum Gasteiger partial charge on any atom is 0.416 e. The zero-order valence-corrected chi connectivity index (χ0v) is 16.4. The summed E-state index contributed by atoms with van der Waals surface area (Å²) >= 11 is 5.60. The van der Waals surface area contributed by atoms with Crippen LogP contribution in [-0.4, -0.2) is 29.5 Å². The van der Waals surface area contributed by atoms with Gasteiger partial charge in [-0.05, 0) is 25.1 Å². The summed E-state index contributed by atoms with van der Waals surface area (Å²) in [6.45, 7) is 1.09. The van der Waals surface area contributed by atoms with Gasteiger partial charge in [0.15, 0.2) is 5.82 Å². The van der Waals surface area contributed by atoms with E-state index in [0.29, 0.717) is 0 Å². The first kappa shape index (κ1) is 23.3. The molecule has 0 saturated heterocycles. The van der Waals surface area contributed by atoms with Gasteiger partial charge in [-0.25, -0.2) is 12.8 Å². The second-order valence-corrected chi connectivity index (χ2v) is 8.05. The maximum atomic E-state index is 14.2. The Kier molecular flexibility index (Phi) is 6.57. The van der Waals surface area contributed by atoms with E-state index < -0.39 is 66.2 Å². The largest absolute Gasteiger partial charge is 0.416 e. The molecule has 1 amide bonds. The second kappa shape index (κ2) is 8.44. The number of carbonyl (C=O) groups excluding carboxylic acids is 1. The molecule has 0 spiro atoms. The fourth-order valence-corrected chi connectivity index (χ4v) is 3.16. The molecule has 0 aliphatic heterocycles. The Hall–Kier alpha value is -2.93. The summed E-state index contributed by atoms with van der Waals surface area (Å²) in [6.07, 6.45) is -4.96. The Labute approximate surface area is 171 Å². The third-order valence-electron chi connectivity index (χ3n) is 3.61. The summed E-state index contributed by atoms with van der Waals surface area (Å²) in [4.78, 5) is 27.6. The quantitative estimate of drug-likeness (QED) is 0.356. The number of amides is 1. The highest BCUT2D eigenvalue weighted by Gasteiger charge is 2.37. The average Bonchev–Trinajstić information content (AvgIpc) is 2.65. The van der Waals surface area contributed by atoms with Gasteiger partial charge in [-0.2, -0.15) is 13.2 Å². The molecule has 14 heteroatoms. The van der Waals surface area contributed by atoms with E-state index in [-0.39, 0.29) is 16.6 Å². The van der Waals surface area contributed by atoms with Gasteiger partial charge in [-0.15, -0.1) is 0 Å². The van der Waals surface area contributed by atoms with Gasteiger partial charge in [0.1, 0.15) is 5.56 Å². The maximum absolute atomic E-state index is 14.2. The van der Waals surface area contributed by atoms with E-state index in [0.717, 1.165) is 19.1 Å². The Morgan fingerprint density at radius 2 is 1.87 bits per heavy atom. The highest BCUT2D eigenvalue weighted by atomic mass is 35.5. The monoisotopic (exact) mass is 470 g/mol. The minimum Gasteiger partial charge on any atom is -0.357 e. The Bertz CT molecular complexity index is 1080. The lowest BCUT2D eigenvalue weighted by Crippen LogP contribution is -2.41. The van der Waals surface area contributed by atoms with Gasteiger partial charge in [0.05, 0.1) is 21.3 Å². The molecular formula is C16H11ClF4N2O6S. The minimum absolute atomic E-state index is 0.00655. The SMILES string of the molecule is CCS(=O)(=O)N(Oc1c(F)cc(C(F)(F)F)cc1Cl)C(=O)c1ccccc1[N+](=O)[O-]. The first-order chi connectivity index (χ1) is 13.8. The molecule has 162 valence electrons. The van der Waals surface area contributed by atoms with Gasteiger partial charge in [-0.1, -0.05) is 28.2 Å². The molecule has 0 radical (unpaired) electrons. The number of nitrogens with zero attached hydrogens (tertiary/aromatic N) is 2. The van der Waals surface area contributed by atoms with E-state index in [1.807, 2.05) is 0 Å². The summed E-state index contributed by atoms with van der Waals surface area (Å²) in [5.74, 6) is -5.23. The molecular weight excluding hydrogens is 460 g/mol. The van der Waals surface area contributed by atoms with Crippen LogP contribution in [-0.2, 0) is 16.2 Å². The van der Waals surface area contributed by atoms with E-state index in [9.17, 15) is 40.9 Å². The van der Waals surface area contributed by atoms with Crippen LogP contribution in [0.25, 0.3) is 0 Å². The number of carbonyl (C=O) groups is 1. The molecule has 0 atom stereocenters. The average molecular weight is 471 g/mol. The van der Waals surface area contributed by atoms with Crippen LogP contribution < -0.4 is 4.84 Å². The molecule has 0 aliphatic rings. The minimum atomic E-state index is -4.96. The molecule has 0 aliphatic carbocycles. The van der Waals surface area contributed by atoms with Crippen molar-refractivity contribution in [3.63, 3.8) is 0 Å². The second-order valence-electron chi connectivity index (χ2n) is 5.57. The third-order valence-corrected chi connectivity index (χ3v) is 5.37. The molecule has 0 saturated carbocycles. The molecule has 2 aromatic carbocycles. The van der Waals surface area contributed by atoms with E-state index >= 15 is 0 Å². The number of rotatable bonds is 6. The summed E-state index contributed by atoms with van der Waals surface area (Å²) < 4.78 is 76.8. The zero-order valence-electron chi connectivity index (χ0n) is 14.8. The van der Waals surface area contributed by atoms with Crippen molar-refractivity contribution in [2.45, 2.75) is 13.1 Å².